The zero-order valence-electron chi connectivity index (χ0n) is 14.3. The molecule has 0 bridgehead atoms. The molecule has 120 valence electrons. The molecular formula is C18H25NO3. The topological polar surface area (TPSA) is 66.4 Å². The Morgan fingerprint density at radius 1 is 1.41 bits per heavy atom. The van der Waals surface area contributed by atoms with Crippen LogP contribution in [0.2, 0.25) is 0 Å². The molecule has 4 nitrogen and oxygen atoms in total. The van der Waals surface area contributed by atoms with Crippen LogP contribution in [-0.2, 0) is 22.4 Å². The average molecular weight is 304 g/mol. The van der Waals surface area contributed by atoms with Crippen LogP contribution in [0.5, 0.6) is 0 Å². The van der Waals surface area contributed by atoms with Crippen molar-refractivity contribution in [3.63, 3.8) is 0 Å². The molecule has 1 saturated heterocycles. The third-order valence-electron chi connectivity index (χ3n) is 4.24. The number of nitrogens with one attached hydrogen (secondary N) is 1. The van der Waals surface area contributed by atoms with Gasteiger partial charge in [-0.25, -0.2) is 0 Å². The highest BCUT2D eigenvalue weighted by Crippen LogP contribution is 2.24. The van der Waals surface area contributed by atoms with Crippen LogP contribution in [0.15, 0.2) is 24.3 Å². The first-order valence-electron chi connectivity index (χ1n) is 8.37. The summed E-state index contributed by atoms with van der Waals surface area (Å²) in [5, 5.41) is 12.7. The zero-order chi connectivity index (χ0) is 17.0. The maximum absolute atomic E-state index is 11.9. The maximum atomic E-state index is 11.9. The smallest absolute Gasteiger partial charge is 0.307 e. The summed E-state index contributed by atoms with van der Waals surface area (Å²) in [5.74, 6) is -2.64. The molecule has 2 rings (SSSR count). The molecule has 0 aromatic heterocycles. The lowest BCUT2D eigenvalue weighted by atomic mass is 9.85. The second kappa shape index (κ2) is 7.54. The summed E-state index contributed by atoms with van der Waals surface area (Å²) in [6.07, 6.45) is 1.23. The minimum absolute atomic E-state index is 0.0162. The summed E-state index contributed by atoms with van der Waals surface area (Å²) in [4.78, 5) is 23.6. The number of carboxylic acid groups (broad SMARTS) is 1. The summed E-state index contributed by atoms with van der Waals surface area (Å²) >= 11 is 0. The summed E-state index contributed by atoms with van der Waals surface area (Å²) in [6, 6.07) is 7.44. The third-order valence-corrected chi connectivity index (χ3v) is 4.24. The predicted octanol–water partition coefficient (Wildman–Crippen LogP) is 2.31. The lowest BCUT2D eigenvalue weighted by Crippen LogP contribution is -2.27. The Hall–Kier alpha value is -1.68. The summed E-state index contributed by atoms with van der Waals surface area (Å²) in [7, 11) is 0. The number of aliphatic carboxylic acids is 1. The molecule has 22 heavy (non-hydrogen) atoms. The normalized spacial score (nSPS) is 21.4. The van der Waals surface area contributed by atoms with Crippen LogP contribution in [0.3, 0.4) is 0 Å². The van der Waals surface area contributed by atoms with Crippen LogP contribution in [0.1, 0.15) is 32.8 Å². The van der Waals surface area contributed by atoms with Crippen LogP contribution in [-0.4, -0.2) is 29.9 Å². The molecule has 1 fully saturated rings. The van der Waals surface area contributed by atoms with E-state index < -0.39 is 11.9 Å². The van der Waals surface area contributed by atoms with E-state index in [0.29, 0.717) is 19.4 Å². The number of Topliss-reactive ketones (excluding diaryl/α,β-unsaturated/α-hetero) is 1. The van der Waals surface area contributed by atoms with Crippen LogP contribution in [0.25, 0.3) is 0 Å². The monoisotopic (exact) mass is 304 g/mol. The lowest BCUT2D eigenvalue weighted by molar-refractivity contribution is -0.143. The van der Waals surface area contributed by atoms with E-state index in [9.17, 15) is 14.7 Å². The van der Waals surface area contributed by atoms with Gasteiger partial charge in [0, 0.05) is 13.7 Å². The fourth-order valence-electron chi connectivity index (χ4n) is 2.82. The van der Waals surface area contributed by atoms with Crippen molar-refractivity contribution in [1.82, 2.24) is 5.32 Å². The second-order valence-electron chi connectivity index (χ2n) is 6.31. The summed E-state index contributed by atoms with van der Waals surface area (Å²) in [6.45, 7) is 5.08. The van der Waals surface area contributed by atoms with Gasteiger partial charge in [-0.15, -0.1) is 0 Å². The minimum Gasteiger partial charge on any atom is -0.481 e. The zero-order valence-corrected chi connectivity index (χ0v) is 13.3. The van der Waals surface area contributed by atoms with Gasteiger partial charge in [-0.05, 0) is 43.0 Å². The van der Waals surface area contributed by atoms with Crippen molar-refractivity contribution in [2.45, 2.75) is 33.1 Å². The van der Waals surface area contributed by atoms with Gasteiger partial charge in [-0.3, -0.25) is 9.59 Å². The van der Waals surface area contributed by atoms with Crippen LogP contribution >= 0.6 is 0 Å². The first-order chi connectivity index (χ1) is 10.8. The van der Waals surface area contributed by atoms with Crippen LogP contribution in [0, 0.1) is 17.7 Å². The highest BCUT2D eigenvalue weighted by Gasteiger charge is 2.30. The van der Waals surface area contributed by atoms with Crippen LogP contribution < -0.4 is 5.32 Å². The van der Waals surface area contributed by atoms with Gasteiger partial charge in [0.25, 0.3) is 0 Å². The molecule has 1 aliphatic rings. The van der Waals surface area contributed by atoms with E-state index in [1.807, 2.05) is 38.1 Å². The predicted molar refractivity (Wildman–Crippen MR) is 85.8 cm³/mol. The second-order valence-corrected chi connectivity index (χ2v) is 6.31. The quantitative estimate of drug-likeness (QED) is 0.811. The van der Waals surface area contributed by atoms with Gasteiger partial charge >= 0.3 is 5.97 Å². The average Bonchev–Trinajstić information content (AvgIpc) is 3.01. The van der Waals surface area contributed by atoms with Gasteiger partial charge in [-0.2, -0.15) is 0 Å². The van der Waals surface area contributed by atoms with Gasteiger partial charge in [0.15, 0.2) is 0 Å². The van der Waals surface area contributed by atoms with Gasteiger partial charge in [-0.1, -0.05) is 38.1 Å². The van der Waals surface area contributed by atoms with Gasteiger partial charge in [0.05, 0.1) is 5.89 Å². The number of benzene rings is 1. The Morgan fingerprint density at radius 2 is 2.14 bits per heavy atom. The lowest BCUT2D eigenvalue weighted by Gasteiger charge is -2.19. The van der Waals surface area contributed by atoms with Gasteiger partial charge in [0.2, 0.25) is 0 Å². The molecule has 1 aromatic rings. The minimum atomic E-state index is -1.52. The maximum Gasteiger partial charge on any atom is 0.307 e. The van der Waals surface area contributed by atoms with Crippen molar-refractivity contribution < 1.29 is 16.1 Å². The Labute approximate surface area is 133 Å². The van der Waals surface area contributed by atoms with Crippen molar-refractivity contribution in [3.05, 3.63) is 35.4 Å². The fraction of sp³-hybridized carbons (Fsp3) is 0.556. The van der Waals surface area contributed by atoms with Crippen molar-refractivity contribution in [1.29, 1.82) is 0 Å². The van der Waals surface area contributed by atoms with E-state index in [0.717, 1.165) is 17.7 Å². The van der Waals surface area contributed by atoms with E-state index in [2.05, 4.69) is 5.32 Å². The number of hydrogen-bond acceptors (Lipinski definition) is 3. The van der Waals surface area contributed by atoms with E-state index in [1.165, 1.54) is 0 Å². The van der Waals surface area contributed by atoms with Crippen molar-refractivity contribution in [3.8, 4) is 0 Å². The molecule has 0 spiro atoms. The third kappa shape index (κ3) is 4.41. The van der Waals surface area contributed by atoms with E-state index in [1.54, 1.807) is 0 Å². The summed E-state index contributed by atoms with van der Waals surface area (Å²) in [5.41, 5.74) is 1.70. The number of carboxylic acids is 1. The Bertz CT molecular complexity index is 581. The molecule has 0 radical (unpaired) electrons. The largest absolute Gasteiger partial charge is 0.481 e. The number of carbonyl (C=O) groups excluding carboxylic acids is 1. The number of carbonyl (C=O) groups is 2. The molecular weight excluding hydrogens is 278 g/mol. The molecule has 2 atom stereocenters. The number of ketones is 1. The van der Waals surface area contributed by atoms with Crippen molar-refractivity contribution in [2.24, 2.45) is 17.7 Å². The SMILES string of the molecule is [2H]C(Cc1cccc(CC(=O)C(C)C)c1)(C(=O)O)C1CCNC1. The molecule has 2 N–H and O–H groups in total. The van der Waals surface area contributed by atoms with Gasteiger partial charge < -0.3 is 10.4 Å². The fourth-order valence-corrected chi connectivity index (χ4v) is 2.82. The van der Waals surface area contributed by atoms with E-state index >= 15 is 0 Å². The standard InChI is InChI=1S/C18H25NO3/c1-12(2)17(20)10-14-5-3-4-13(8-14)9-16(18(21)22)15-6-7-19-11-15/h3-5,8,12,15-16,19H,6-7,9-11H2,1-2H3,(H,21,22)/i16D. The molecule has 1 heterocycles. The Morgan fingerprint density at radius 3 is 2.73 bits per heavy atom. The molecule has 0 saturated carbocycles. The van der Waals surface area contributed by atoms with Crippen molar-refractivity contribution in [2.75, 3.05) is 13.1 Å². The highest BCUT2D eigenvalue weighted by atomic mass is 16.4. The number of hydrogen-bond donors (Lipinski definition) is 2. The van der Waals surface area contributed by atoms with Crippen molar-refractivity contribution >= 4 is 11.8 Å². The molecule has 4 heteroatoms. The molecule has 0 amide bonds. The molecule has 1 aliphatic heterocycles. The molecule has 2 unspecified atom stereocenters. The van der Waals surface area contributed by atoms with E-state index in [-0.39, 0.29) is 24.0 Å². The van der Waals surface area contributed by atoms with Crippen LogP contribution in [0.4, 0.5) is 0 Å². The highest BCUT2D eigenvalue weighted by molar-refractivity contribution is 5.82. The first kappa shape index (κ1) is 15.2. The molecule has 1 aromatic carbocycles. The Balaban J connectivity index is 2.17. The Kier molecular flexibility index (Phi) is 5.22. The van der Waals surface area contributed by atoms with Gasteiger partial charge in [0.1, 0.15) is 5.78 Å². The van der Waals surface area contributed by atoms with E-state index in [4.69, 9.17) is 1.37 Å². The summed E-state index contributed by atoms with van der Waals surface area (Å²) < 4.78 is 8.48. The molecule has 0 aliphatic carbocycles. The first-order valence-corrected chi connectivity index (χ1v) is 7.87. The number of rotatable bonds is 7.